The fourth-order valence-electron chi connectivity index (χ4n) is 1.49. The third-order valence-electron chi connectivity index (χ3n) is 2.40. The van der Waals surface area contributed by atoms with Crippen LogP contribution < -0.4 is 0 Å². The fourth-order valence-corrected chi connectivity index (χ4v) is 2.97. The number of benzene rings is 1. The summed E-state index contributed by atoms with van der Waals surface area (Å²) in [5.74, 6) is 0. The lowest BCUT2D eigenvalue weighted by molar-refractivity contribution is -0.107. The van der Waals surface area contributed by atoms with Gasteiger partial charge >= 0.3 is 0 Å². The maximum atomic E-state index is 11.7. The summed E-state index contributed by atoms with van der Waals surface area (Å²) >= 11 is 6.75. The van der Waals surface area contributed by atoms with Crippen LogP contribution in [0.1, 0.15) is 32.8 Å². The number of thiocarbonyl (C=S) groups is 1. The maximum Gasteiger partial charge on any atom is 0.214 e. The second-order valence-electron chi connectivity index (χ2n) is 4.90. The lowest BCUT2D eigenvalue weighted by atomic mass is 10.0. The van der Waals surface area contributed by atoms with E-state index in [1.807, 2.05) is 44.2 Å². The van der Waals surface area contributed by atoms with E-state index in [2.05, 4.69) is 6.58 Å². The fraction of sp³-hybridized carbons (Fsp3) is 0.333. The van der Waals surface area contributed by atoms with Gasteiger partial charge in [0.2, 0.25) is 5.12 Å². The molecule has 0 radical (unpaired) electrons. The Bertz CT molecular complexity index is 461. The van der Waals surface area contributed by atoms with E-state index < -0.39 is 0 Å². The van der Waals surface area contributed by atoms with Crippen LogP contribution in [0.5, 0.6) is 0 Å². The van der Waals surface area contributed by atoms with Crippen molar-refractivity contribution < 1.29 is 4.79 Å². The molecule has 0 unspecified atom stereocenters. The van der Waals surface area contributed by atoms with Crippen LogP contribution in [0.2, 0.25) is 0 Å². The summed E-state index contributed by atoms with van der Waals surface area (Å²) < 4.78 is -0.205. The first-order valence-electron chi connectivity index (χ1n) is 5.79. The molecule has 0 aromatic heterocycles. The Kier molecular flexibility index (Phi) is 5.29. The number of carbonyl (C=O) groups is 1. The molecule has 3 heteroatoms. The van der Waals surface area contributed by atoms with E-state index in [-0.39, 0.29) is 9.86 Å². The van der Waals surface area contributed by atoms with E-state index >= 15 is 0 Å². The molecule has 0 aliphatic heterocycles. The molecule has 0 aliphatic carbocycles. The first-order chi connectivity index (χ1) is 8.32. The molecular formula is C15H18OS2. The molecule has 0 N–H and O–H groups in total. The summed E-state index contributed by atoms with van der Waals surface area (Å²) in [4.78, 5) is 12.6. The molecule has 0 atom stereocenters. The largest absolute Gasteiger partial charge is 0.282 e. The molecule has 0 saturated heterocycles. The van der Waals surface area contributed by atoms with E-state index in [9.17, 15) is 4.79 Å². The molecule has 0 aliphatic rings. The summed E-state index contributed by atoms with van der Waals surface area (Å²) in [6, 6.07) is 9.92. The minimum absolute atomic E-state index is 0.0378. The van der Waals surface area contributed by atoms with Crippen molar-refractivity contribution in [1.82, 2.24) is 0 Å². The second-order valence-corrected chi connectivity index (χ2v) is 7.07. The molecule has 1 nitrogen and oxygen atoms in total. The number of thioether (sulfide) groups is 1. The van der Waals surface area contributed by atoms with E-state index in [1.54, 1.807) is 6.92 Å². The Morgan fingerprint density at radius 1 is 1.33 bits per heavy atom. The van der Waals surface area contributed by atoms with Gasteiger partial charge in [0.15, 0.2) is 0 Å². The van der Waals surface area contributed by atoms with E-state index in [0.717, 1.165) is 10.4 Å². The van der Waals surface area contributed by atoms with Crippen LogP contribution in [-0.4, -0.2) is 14.7 Å². The van der Waals surface area contributed by atoms with Crippen molar-refractivity contribution in [3.05, 3.63) is 48.0 Å². The zero-order valence-electron chi connectivity index (χ0n) is 11.0. The van der Waals surface area contributed by atoms with Crippen molar-refractivity contribution in [2.75, 3.05) is 0 Å². The monoisotopic (exact) mass is 278 g/mol. The lowest BCUT2D eigenvalue weighted by Crippen LogP contribution is -2.22. The van der Waals surface area contributed by atoms with Crippen LogP contribution in [0.3, 0.4) is 0 Å². The van der Waals surface area contributed by atoms with E-state index in [1.165, 1.54) is 11.8 Å². The van der Waals surface area contributed by atoms with Crippen LogP contribution in [0.25, 0.3) is 0 Å². The standard InChI is InChI=1S/C15H18OS2/c1-11(2)14(16)18-15(3,4)10-13(17)12-8-6-5-7-9-12/h5-9H,1,10H2,2-4H3. The van der Waals surface area contributed by atoms with E-state index in [4.69, 9.17) is 12.2 Å². The predicted octanol–water partition coefficient (Wildman–Crippen LogP) is 4.41. The summed E-state index contributed by atoms with van der Waals surface area (Å²) in [7, 11) is 0. The average Bonchev–Trinajstić information content (AvgIpc) is 2.28. The highest BCUT2D eigenvalue weighted by Crippen LogP contribution is 2.32. The van der Waals surface area contributed by atoms with Gasteiger partial charge in [0.25, 0.3) is 0 Å². The summed E-state index contributed by atoms with van der Waals surface area (Å²) in [6.07, 6.45) is 0.704. The molecule has 0 spiro atoms. The molecule has 1 aromatic rings. The third-order valence-corrected chi connectivity index (χ3v) is 4.01. The van der Waals surface area contributed by atoms with Crippen molar-refractivity contribution in [1.29, 1.82) is 0 Å². The second kappa shape index (κ2) is 6.30. The third kappa shape index (κ3) is 4.75. The first-order valence-corrected chi connectivity index (χ1v) is 7.01. The van der Waals surface area contributed by atoms with Crippen LogP contribution >= 0.6 is 24.0 Å². The number of hydrogen-bond acceptors (Lipinski definition) is 3. The maximum absolute atomic E-state index is 11.7. The number of hydrogen-bond donors (Lipinski definition) is 0. The molecule has 0 heterocycles. The van der Waals surface area contributed by atoms with Gasteiger partial charge in [0, 0.05) is 9.61 Å². The van der Waals surface area contributed by atoms with Crippen molar-refractivity contribution in [3.63, 3.8) is 0 Å². The molecule has 0 amide bonds. The minimum atomic E-state index is -0.205. The van der Waals surface area contributed by atoms with Gasteiger partial charge in [-0.2, -0.15) is 0 Å². The SMILES string of the molecule is C=C(C)C(=O)SC(C)(C)CC(=S)c1ccccc1. The van der Waals surface area contributed by atoms with Crippen LogP contribution in [-0.2, 0) is 4.79 Å². The van der Waals surface area contributed by atoms with Gasteiger partial charge in [-0.1, -0.05) is 60.9 Å². The summed E-state index contributed by atoms with van der Waals surface area (Å²) in [5.41, 5.74) is 1.64. The molecule has 1 aromatic carbocycles. The minimum Gasteiger partial charge on any atom is -0.282 e. The lowest BCUT2D eigenvalue weighted by Gasteiger charge is -2.23. The van der Waals surface area contributed by atoms with Crippen molar-refractivity contribution >= 4 is 34.0 Å². The topological polar surface area (TPSA) is 17.1 Å². The highest BCUT2D eigenvalue weighted by molar-refractivity contribution is 8.15. The highest BCUT2D eigenvalue weighted by Gasteiger charge is 2.25. The van der Waals surface area contributed by atoms with Crippen molar-refractivity contribution in [2.45, 2.75) is 31.9 Å². The molecule has 18 heavy (non-hydrogen) atoms. The highest BCUT2D eigenvalue weighted by atomic mass is 32.2. The number of rotatable bonds is 5. The van der Waals surface area contributed by atoms with Gasteiger partial charge < -0.3 is 0 Å². The van der Waals surface area contributed by atoms with Gasteiger partial charge in [-0.05, 0) is 38.3 Å². The molecule has 1 rings (SSSR count). The van der Waals surface area contributed by atoms with Crippen LogP contribution in [0.4, 0.5) is 0 Å². The normalized spacial score (nSPS) is 11.1. The Labute approximate surface area is 119 Å². The van der Waals surface area contributed by atoms with Gasteiger partial charge in [-0.15, -0.1) is 0 Å². The Hall–Kier alpha value is -0.930. The van der Waals surface area contributed by atoms with Crippen molar-refractivity contribution in [3.8, 4) is 0 Å². The van der Waals surface area contributed by atoms with Crippen LogP contribution in [0.15, 0.2) is 42.5 Å². The molecule has 0 saturated carbocycles. The smallest absolute Gasteiger partial charge is 0.214 e. The van der Waals surface area contributed by atoms with Gasteiger partial charge in [-0.25, -0.2) is 0 Å². The zero-order valence-corrected chi connectivity index (χ0v) is 12.7. The van der Waals surface area contributed by atoms with E-state index in [0.29, 0.717) is 12.0 Å². The zero-order chi connectivity index (χ0) is 13.8. The molecule has 0 bridgehead atoms. The quantitative estimate of drug-likeness (QED) is 0.451. The predicted molar refractivity (Wildman–Crippen MR) is 84.3 cm³/mol. The molecule has 0 fully saturated rings. The average molecular weight is 278 g/mol. The van der Waals surface area contributed by atoms with Crippen molar-refractivity contribution in [2.24, 2.45) is 0 Å². The van der Waals surface area contributed by atoms with Gasteiger partial charge in [-0.3, -0.25) is 4.79 Å². The first kappa shape index (κ1) is 15.1. The Morgan fingerprint density at radius 3 is 2.39 bits per heavy atom. The van der Waals surface area contributed by atoms with Gasteiger partial charge in [0.1, 0.15) is 0 Å². The summed E-state index contributed by atoms with van der Waals surface area (Å²) in [6.45, 7) is 9.48. The molecular weight excluding hydrogens is 260 g/mol. The molecule has 96 valence electrons. The Balaban J connectivity index is 2.69. The van der Waals surface area contributed by atoms with Gasteiger partial charge in [0.05, 0.1) is 0 Å². The summed E-state index contributed by atoms with van der Waals surface area (Å²) in [5, 5.41) is 0.0378. The van der Waals surface area contributed by atoms with Crippen LogP contribution in [0, 0.1) is 0 Å². The Morgan fingerprint density at radius 2 is 1.89 bits per heavy atom. The number of carbonyl (C=O) groups excluding carboxylic acids is 1.